The molecule has 136 valence electrons. The number of hydrogen-bond donors (Lipinski definition) is 7. The van der Waals surface area contributed by atoms with E-state index in [1.165, 1.54) is 0 Å². The van der Waals surface area contributed by atoms with Gasteiger partial charge in [0, 0.05) is 6.42 Å². The minimum absolute atomic E-state index is 0.0584. The highest BCUT2D eigenvalue weighted by Gasteiger charge is 2.58. The number of aliphatic hydroxyl groups is 6. The van der Waals surface area contributed by atoms with Gasteiger partial charge in [-0.05, 0) is 12.0 Å². The molecule has 0 aromatic rings. The van der Waals surface area contributed by atoms with Gasteiger partial charge in [0.1, 0.15) is 42.1 Å². The van der Waals surface area contributed by atoms with E-state index in [-0.39, 0.29) is 12.4 Å². The van der Waals surface area contributed by atoms with Crippen LogP contribution in [0.4, 0.5) is 0 Å². The number of nitrogens with zero attached hydrogens (tertiary/aromatic N) is 1. The maximum absolute atomic E-state index is 10.3. The molecule has 0 radical (unpaired) electrons. The molecule has 9 nitrogen and oxygen atoms in total. The van der Waals surface area contributed by atoms with Gasteiger partial charge in [-0.15, -0.1) is 0 Å². The summed E-state index contributed by atoms with van der Waals surface area (Å²) in [7, 11) is 0. The number of amidine groups is 1. The van der Waals surface area contributed by atoms with Gasteiger partial charge < -0.3 is 40.7 Å². The second kappa shape index (κ2) is 6.25. The van der Waals surface area contributed by atoms with E-state index in [0.29, 0.717) is 12.0 Å². The zero-order valence-electron chi connectivity index (χ0n) is 13.3. The van der Waals surface area contributed by atoms with Crippen molar-refractivity contribution < 1.29 is 35.4 Å². The first-order valence-corrected chi connectivity index (χ1v) is 8.09. The molecule has 1 saturated carbocycles. The van der Waals surface area contributed by atoms with Crippen molar-refractivity contribution in [2.45, 2.75) is 68.0 Å². The van der Waals surface area contributed by atoms with Crippen molar-refractivity contribution in [3.05, 3.63) is 11.6 Å². The molecule has 3 rings (SSSR count). The first-order valence-electron chi connectivity index (χ1n) is 8.09. The van der Waals surface area contributed by atoms with E-state index in [0.717, 1.165) is 0 Å². The summed E-state index contributed by atoms with van der Waals surface area (Å²) in [4.78, 5) is 4.22. The number of ether oxygens (including phenoxy) is 1. The quantitative estimate of drug-likeness (QED) is 0.267. The van der Waals surface area contributed by atoms with Crippen LogP contribution < -0.4 is 5.32 Å². The number of nitrogens with one attached hydrogen (secondary N) is 1. The summed E-state index contributed by atoms with van der Waals surface area (Å²) in [6.07, 6.45) is -3.22. The third-order valence-corrected chi connectivity index (χ3v) is 5.20. The summed E-state index contributed by atoms with van der Waals surface area (Å²) in [6, 6.07) is -1.47. The zero-order chi connectivity index (χ0) is 17.6. The maximum Gasteiger partial charge on any atom is 0.286 e. The van der Waals surface area contributed by atoms with Crippen LogP contribution in [0.15, 0.2) is 16.6 Å². The Morgan fingerprint density at radius 3 is 2.62 bits per heavy atom. The molecule has 2 fully saturated rings. The van der Waals surface area contributed by atoms with Crippen LogP contribution in [0.2, 0.25) is 0 Å². The summed E-state index contributed by atoms with van der Waals surface area (Å²) < 4.78 is 5.56. The second-order valence-corrected chi connectivity index (χ2v) is 6.63. The fourth-order valence-electron chi connectivity index (χ4n) is 3.61. The van der Waals surface area contributed by atoms with Gasteiger partial charge >= 0.3 is 0 Å². The van der Waals surface area contributed by atoms with Gasteiger partial charge in [-0.3, -0.25) is 0 Å². The molecule has 0 aromatic carbocycles. The van der Waals surface area contributed by atoms with E-state index >= 15 is 0 Å². The number of hydrogen-bond acceptors (Lipinski definition) is 8. The lowest BCUT2D eigenvalue weighted by atomic mass is 9.87. The molecule has 1 heterocycles. The SMILES string of the molecule is CCC1=C[C@H](N=C2NC3C(C[C@H](O)C3(O)CO)O2)[C@H](O)C(O)[C@@H]1O. The standard InChI is InChI=1S/C15H24N2O7/c1-2-6-3-7(11(21)12(22)10(6)20)16-14-17-13-8(24-14)4-9(19)15(13,23)5-18/h3,7-13,18-23H,2,4-5H2,1H3,(H,16,17)/t7-,8?,9-,10+,11-,12?,13?,15?/m0/s1. The third-order valence-electron chi connectivity index (χ3n) is 5.20. The summed E-state index contributed by atoms with van der Waals surface area (Å²) in [5, 5.41) is 62.3. The van der Waals surface area contributed by atoms with Crippen molar-refractivity contribution in [1.29, 1.82) is 0 Å². The molecular formula is C15H24N2O7. The van der Waals surface area contributed by atoms with E-state index in [1.54, 1.807) is 6.08 Å². The Morgan fingerprint density at radius 1 is 1.29 bits per heavy atom. The van der Waals surface area contributed by atoms with Crippen LogP contribution in [0.1, 0.15) is 19.8 Å². The van der Waals surface area contributed by atoms with Gasteiger partial charge in [-0.25, -0.2) is 4.99 Å². The predicted molar refractivity (Wildman–Crippen MR) is 82.1 cm³/mol. The molecule has 1 saturated heterocycles. The van der Waals surface area contributed by atoms with Crippen molar-refractivity contribution in [1.82, 2.24) is 5.32 Å². The largest absolute Gasteiger partial charge is 0.460 e. The third kappa shape index (κ3) is 2.61. The Balaban J connectivity index is 1.80. The van der Waals surface area contributed by atoms with Gasteiger partial charge in [0.25, 0.3) is 6.02 Å². The molecule has 1 aliphatic heterocycles. The molecule has 7 N–H and O–H groups in total. The lowest BCUT2D eigenvalue weighted by Gasteiger charge is -2.32. The Morgan fingerprint density at radius 2 is 2.00 bits per heavy atom. The van der Waals surface area contributed by atoms with Gasteiger partial charge in [0.15, 0.2) is 0 Å². The average molecular weight is 344 g/mol. The Bertz CT molecular complexity index is 554. The molecule has 0 amide bonds. The van der Waals surface area contributed by atoms with Crippen molar-refractivity contribution in [2.75, 3.05) is 6.61 Å². The fourth-order valence-corrected chi connectivity index (χ4v) is 3.61. The molecule has 4 unspecified atom stereocenters. The number of fused-ring (bicyclic) bond motifs is 1. The minimum atomic E-state index is -1.73. The average Bonchev–Trinajstić information content (AvgIpc) is 3.06. The van der Waals surface area contributed by atoms with E-state index in [2.05, 4.69) is 10.3 Å². The maximum atomic E-state index is 10.3. The smallest absolute Gasteiger partial charge is 0.286 e. The molecule has 0 spiro atoms. The monoisotopic (exact) mass is 344 g/mol. The van der Waals surface area contributed by atoms with Crippen molar-refractivity contribution in [2.24, 2.45) is 4.99 Å². The van der Waals surface area contributed by atoms with Gasteiger partial charge in [-0.2, -0.15) is 0 Å². The topological polar surface area (TPSA) is 155 Å². The van der Waals surface area contributed by atoms with Crippen LogP contribution >= 0.6 is 0 Å². The Labute approximate surface area is 138 Å². The molecule has 0 aromatic heterocycles. The molecule has 0 bridgehead atoms. The predicted octanol–water partition coefficient (Wildman–Crippen LogP) is -3.01. The summed E-state index contributed by atoms with van der Waals surface area (Å²) >= 11 is 0. The lowest BCUT2D eigenvalue weighted by molar-refractivity contribution is -0.0964. The van der Waals surface area contributed by atoms with Crippen LogP contribution in [0, 0.1) is 0 Å². The highest BCUT2D eigenvalue weighted by Crippen LogP contribution is 2.36. The lowest BCUT2D eigenvalue weighted by Crippen LogP contribution is -2.56. The van der Waals surface area contributed by atoms with E-state index in [9.17, 15) is 30.6 Å². The number of aliphatic hydroxyl groups excluding tert-OH is 5. The summed E-state index contributed by atoms with van der Waals surface area (Å²) in [5.41, 5.74) is -1.16. The molecule has 3 aliphatic rings. The van der Waals surface area contributed by atoms with E-state index in [1.807, 2.05) is 6.92 Å². The van der Waals surface area contributed by atoms with Gasteiger partial charge in [0.2, 0.25) is 0 Å². The van der Waals surface area contributed by atoms with Crippen LogP contribution in [0.5, 0.6) is 0 Å². The van der Waals surface area contributed by atoms with Crippen LogP contribution in [-0.4, -0.2) is 91.5 Å². The summed E-state index contributed by atoms with van der Waals surface area (Å²) in [6.45, 7) is 1.19. The highest BCUT2D eigenvalue weighted by molar-refractivity contribution is 5.77. The molecule has 2 aliphatic carbocycles. The van der Waals surface area contributed by atoms with Crippen LogP contribution in [-0.2, 0) is 4.74 Å². The zero-order valence-corrected chi connectivity index (χ0v) is 13.3. The van der Waals surface area contributed by atoms with E-state index < -0.39 is 54.8 Å². The van der Waals surface area contributed by atoms with Crippen molar-refractivity contribution in [3.8, 4) is 0 Å². The normalized spacial score (nSPS) is 49.5. The highest BCUT2D eigenvalue weighted by atomic mass is 16.5. The Hall–Kier alpha value is -1.23. The molecular weight excluding hydrogens is 320 g/mol. The molecule has 8 atom stereocenters. The first kappa shape index (κ1) is 17.6. The number of aliphatic imine (C=N–C) groups is 1. The van der Waals surface area contributed by atoms with Crippen molar-refractivity contribution >= 4 is 6.02 Å². The van der Waals surface area contributed by atoms with Crippen LogP contribution in [0.25, 0.3) is 0 Å². The molecule has 9 heteroatoms. The summed E-state index contributed by atoms with van der Waals surface area (Å²) in [5.74, 6) is 0. The minimum Gasteiger partial charge on any atom is -0.460 e. The van der Waals surface area contributed by atoms with Gasteiger partial charge in [-0.1, -0.05) is 13.0 Å². The fraction of sp³-hybridized carbons (Fsp3) is 0.800. The Kier molecular flexibility index (Phi) is 4.58. The molecule has 24 heavy (non-hydrogen) atoms. The van der Waals surface area contributed by atoms with Gasteiger partial charge in [0.05, 0.1) is 12.7 Å². The van der Waals surface area contributed by atoms with Crippen molar-refractivity contribution in [3.63, 3.8) is 0 Å². The first-order chi connectivity index (χ1) is 11.3. The van der Waals surface area contributed by atoms with Crippen LogP contribution in [0.3, 0.4) is 0 Å². The van der Waals surface area contributed by atoms with E-state index in [4.69, 9.17) is 4.74 Å². The second-order valence-electron chi connectivity index (χ2n) is 6.63. The number of rotatable bonds is 3.